The summed E-state index contributed by atoms with van der Waals surface area (Å²) in [6.07, 6.45) is -0.309. The highest BCUT2D eigenvalue weighted by molar-refractivity contribution is 7.89. The summed E-state index contributed by atoms with van der Waals surface area (Å²) in [6.45, 7) is 2.24. The molecule has 1 aliphatic rings. The second kappa shape index (κ2) is 10.6. The Morgan fingerprint density at radius 1 is 1.00 bits per heavy atom. The molecule has 12 heteroatoms. The first-order valence-electron chi connectivity index (χ1n) is 10.2. The van der Waals surface area contributed by atoms with Crippen LogP contribution in [-0.2, 0) is 42.9 Å². The molecule has 0 unspecified atom stereocenters. The predicted molar refractivity (Wildman–Crippen MR) is 126 cm³/mol. The number of hydrogen-bond acceptors (Lipinski definition) is 8. The number of rotatable bonds is 5. The van der Waals surface area contributed by atoms with Gasteiger partial charge in [0.1, 0.15) is 24.6 Å². The maximum atomic E-state index is 13.3. The predicted octanol–water partition coefficient (Wildman–Crippen LogP) is 2.61. The number of aromatic nitrogens is 1. The first-order chi connectivity index (χ1) is 16.0. The number of ether oxygens (including phenoxy) is 1. The number of methoxy groups -OCH3 is 1. The quantitative estimate of drug-likeness (QED) is 0.285. The Hall–Kier alpha value is -2.19. The van der Waals surface area contributed by atoms with E-state index in [0.717, 1.165) is 28.3 Å². The van der Waals surface area contributed by atoms with Gasteiger partial charge in [-0.15, -0.1) is 0 Å². The van der Waals surface area contributed by atoms with Crippen LogP contribution in [0.3, 0.4) is 0 Å². The fourth-order valence-electron chi connectivity index (χ4n) is 3.76. The molecule has 184 valence electrons. The summed E-state index contributed by atoms with van der Waals surface area (Å²) in [6, 6.07) is 18.5. The van der Waals surface area contributed by atoms with E-state index in [1.165, 1.54) is 0 Å². The van der Waals surface area contributed by atoms with Crippen LogP contribution in [-0.4, -0.2) is 46.0 Å². The topological polar surface area (TPSA) is 117 Å². The lowest BCUT2D eigenvalue weighted by Gasteiger charge is -2.35. The van der Waals surface area contributed by atoms with E-state index in [1.54, 1.807) is 47.0 Å². The van der Waals surface area contributed by atoms with Crippen molar-refractivity contribution in [2.75, 3.05) is 14.2 Å². The lowest BCUT2D eigenvalue weighted by Crippen LogP contribution is -2.49. The Bertz CT molecular complexity index is 1330. The van der Waals surface area contributed by atoms with Gasteiger partial charge < -0.3 is 9.29 Å². The van der Waals surface area contributed by atoms with Crippen molar-refractivity contribution in [1.82, 2.24) is 4.31 Å². The fourth-order valence-corrected chi connectivity index (χ4v) is 6.81. The zero-order valence-corrected chi connectivity index (χ0v) is 21.6. The lowest BCUT2D eigenvalue weighted by molar-refractivity contribution is -0.665. The van der Waals surface area contributed by atoms with E-state index in [9.17, 15) is 21.4 Å². The molecule has 0 saturated carbocycles. The third kappa shape index (κ3) is 5.54. The Morgan fingerprint density at radius 3 is 2.03 bits per heavy atom. The SMILES string of the molecule is COS(=O)(=O)[O-].CO[C@H]1c2sc(-c3ccccc3)[n+](C)c2CN(S(=O)(=O)c2ccccc2)[C@H]1C. The summed E-state index contributed by atoms with van der Waals surface area (Å²) in [7, 11) is -3.59. The average molecular weight is 527 g/mol. The van der Waals surface area contributed by atoms with Gasteiger partial charge >= 0.3 is 0 Å². The molecule has 2 atom stereocenters. The van der Waals surface area contributed by atoms with E-state index in [4.69, 9.17) is 4.74 Å². The second-order valence-electron chi connectivity index (χ2n) is 7.48. The van der Waals surface area contributed by atoms with Gasteiger partial charge in [-0.3, -0.25) is 4.18 Å². The molecule has 0 fully saturated rings. The maximum absolute atomic E-state index is 13.3. The van der Waals surface area contributed by atoms with Crippen molar-refractivity contribution in [2.45, 2.75) is 30.5 Å². The molecule has 0 amide bonds. The molecule has 2 aromatic carbocycles. The number of thiazole rings is 1. The molecule has 0 saturated heterocycles. The smallest absolute Gasteiger partial charge is 0.269 e. The minimum atomic E-state index is -4.41. The Labute approximate surface area is 204 Å². The maximum Gasteiger partial charge on any atom is 0.269 e. The third-order valence-corrected chi connectivity index (χ3v) is 9.23. The summed E-state index contributed by atoms with van der Waals surface area (Å²) in [4.78, 5) is 1.40. The fraction of sp³-hybridized carbons (Fsp3) is 0.318. The highest BCUT2D eigenvalue weighted by Crippen LogP contribution is 2.41. The van der Waals surface area contributed by atoms with Crippen LogP contribution in [0.2, 0.25) is 0 Å². The van der Waals surface area contributed by atoms with Gasteiger partial charge in [0.2, 0.25) is 26.1 Å². The molecule has 9 nitrogen and oxygen atoms in total. The molecule has 0 radical (unpaired) electrons. The number of fused-ring (bicyclic) bond motifs is 1. The van der Waals surface area contributed by atoms with Gasteiger partial charge in [-0.2, -0.15) is 8.87 Å². The van der Waals surface area contributed by atoms with Crippen molar-refractivity contribution in [3.05, 3.63) is 71.2 Å². The molecule has 1 aromatic heterocycles. The lowest BCUT2D eigenvalue weighted by atomic mass is 10.1. The largest absolute Gasteiger partial charge is 0.726 e. The molecule has 3 aromatic rings. The van der Waals surface area contributed by atoms with E-state index >= 15 is 0 Å². The van der Waals surface area contributed by atoms with Gasteiger partial charge in [-0.05, 0) is 31.2 Å². The standard InChI is InChI=1S/C21H23N2O3S2.CH4O4S/c1-15-19(26-3)20-18(22(2)21(27-20)16-10-6-4-7-11-16)14-23(15)28(24,25)17-12-8-5-9-13-17;1-5-6(2,3)4/h4-13,15,19H,14H2,1-3H3;1H3,(H,2,3,4)/q+1;/p-1/t15-,19+;/m0./s1. The normalized spacial score (nSPS) is 18.6. The van der Waals surface area contributed by atoms with Crippen molar-refractivity contribution in [3.63, 3.8) is 0 Å². The van der Waals surface area contributed by atoms with Crippen LogP contribution < -0.4 is 4.57 Å². The van der Waals surface area contributed by atoms with Crippen LogP contribution >= 0.6 is 11.3 Å². The van der Waals surface area contributed by atoms with E-state index in [0.29, 0.717) is 11.4 Å². The molecule has 4 rings (SSSR count). The summed E-state index contributed by atoms with van der Waals surface area (Å²) in [5.41, 5.74) is 2.10. The average Bonchev–Trinajstić information content (AvgIpc) is 3.15. The molecule has 0 spiro atoms. The summed E-state index contributed by atoms with van der Waals surface area (Å²) < 4.78 is 67.1. The Balaban J connectivity index is 0.000000481. The highest BCUT2D eigenvalue weighted by Gasteiger charge is 2.45. The van der Waals surface area contributed by atoms with E-state index in [1.807, 2.05) is 38.2 Å². The third-order valence-electron chi connectivity index (χ3n) is 5.49. The van der Waals surface area contributed by atoms with E-state index in [-0.39, 0.29) is 12.1 Å². The highest BCUT2D eigenvalue weighted by atomic mass is 32.3. The van der Waals surface area contributed by atoms with Crippen LogP contribution in [0.5, 0.6) is 0 Å². The van der Waals surface area contributed by atoms with Gasteiger partial charge in [0.05, 0.1) is 23.6 Å². The molecular formula is C22H26N2O7S3. The van der Waals surface area contributed by atoms with Crippen molar-refractivity contribution in [3.8, 4) is 10.6 Å². The number of sulfonamides is 1. The van der Waals surface area contributed by atoms with Crippen LogP contribution in [0.4, 0.5) is 0 Å². The zero-order chi connectivity index (χ0) is 25.1. The molecular weight excluding hydrogens is 500 g/mol. The van der Waals surface area contributed by atoms with Gasteiger partial charge in [-0.25, -0.2) is 16.8 Å². The minimum absolute atomic E-state index is 0.301. The first-order valence-corrected chi connectivity index (χ1v) is 13.8. The van der Waals surface area contributed by atoms with Crippen molar-refractivity contribution in [1.29, 1.82) is 0 Å². The summed E-state index contributed by atoms with van der Waals surface area (Å²) in [5.74, 6) is 0. The van der Waals surface area contributed by atoms with Crippen LogP contribution in [0, 0.1) is 0 Å². The van der Waals surface area contributed by atoms with E-state index in [2.05, 4.69) is 20.9 Å². The monoisotopic (exact) mass is 526 g/mol. The van der Waals surface area contributed by atoms with Gasteiger partial charge in [-0.1, -0.05) is 47.7 Å². The Morgan fingerprint density at radius 2 is 1.53 bits per heavy atom. The molecule has 0 aliphatic carbocycles. The Kier molecular flexibility index (Phi) is 8.24. The van der Waals surface area contributed by atoms with Gasteiger partial charge in [0, 0.05) is 7.11 Å². The van der Waals surface area contributed by atoms with Gasteiger partial charge in [0.15, 0.2) is 0 Å². The number of hydrogen-bond donors (Lipinski definition) is 0. The number of benzene rings is 2. The molecule has 2 heterocycles. The summed E-state index contributed by atoms with van der Waals surface area (Å²) >= 11 is 1.68. The van der Waals surface area contributed by atoms with Gasteiger partial charge in [0.25, 0.3) is 5.01 Å². The molecule has 0 N–H and O–H groups in total. The minimum Gasteiger partial charge on any atom is -0.726 e. The summed E-state index contributed by atoms with van der Waals surface area (Å²) in [5, 5.41) is 1.10. The molecule has 34 heavy (non-hydrogen) atoms. The van der Waals surface area contributed by atoms with Crippen molar-refractivity contribution < 1.29 is 34.9 Å². The van der Waals surface area contributed by atoms with Crippen molar-refractivity contribution in [2.24, 2.45) is 7.05 Å². The van der Waals surface area contributed by atoms with Crippen LogP contribution in [0.1, 0.15) is 23.6 Å². The van der Waals surface area contributed by atoms with Crippen LogP contribution in [0.25, 0.3) is 10.6 Å². The van der Waals surface area contributed by atoms with E-state index < -0.39 is 20.4 Å². The first kappa shape index (κ1) is 26.4. The number of nitrogens with zero attached hydrogens (tertiary/aromatic N) is 2. The van der Waals surface area contributed by atoms with Crippen molar-refractivity contribution >= 4 is 31.8 Å². The molecule has 1 aliphatic heterocycles. The molecule has 0 bridgehead atoms. The second-order valence-corrected chi connectivity index (χ2v) is 11.5. The van der Waals surface area contributed by atoms with Crippen LogP contribution in [0.15, 0.2) is 65.6 Å². The zero-order valence-electron chi connectivity index (χ0n) is 19.1.